The second-order valence-corrected chi connectivity index (χ2v) is 5.16. The minimum atomic E-state index is 0.961. The van der Waals surface area contributed by atoms with Gasteiger partial charge in [-0.2, -0.15) is 0 Å². The summed E-state index contributed by atoms with van der Waals surface area (Å²) in [4.78, 5) is 0. The first-order valence-corrected chi connectivity index (χ1v) is 7.26. The second kappa shape index (κ2) is 10.5. The maximum Gasteiger partial charge on any atom is -0.0389 e. The van der Waals surface area contributed by atoms with Crippen LogP contribution in [0.25, 0.3) is 0 Å². The van der Waals surface area contributed by atoms with Gasteiger partial charge in [0.15, 0.2) is 0 Å². The van der Waals surface area contributed by atoms with E-state index in [4.69, 9.17) is 0 Å². The molecule has 92 valence electrons. The molecule has 0 amide bonds. The van der Waals surface area contributed by atoms with Crippen molar-refractivity contribution in [1.82, 2.24) is 0 Å². The standard InChI is InChI=1S/C15H32/c1-5-8-10-12-14(4)15(11-7-3)13-9-6-2/h14-15H,5-13H2,1-4H3. The van der Waals surface area contributed by atoms with E-state index in [0.29, 0.717) is 0 Å². The van der Waals surface area contributed by atoms with Gasteiger partial charge in [0.2, 0.25) is 0 Å². The van der Waals surface area contributed by atoms with Gasteiger partial charge in [-0.3, -0.25) is 0 Å². The molecule has 2 unspecified atom stereocenters. The quantitative estimate of drug-likeness (QED) is 0.401. The van der Waals surface area contributed by atoms with Crippen LogP contribution in [0, 0.1) is 11.8 Å². The van der Waals surface area contributed by atoms with E-state index in [1.165, 1.54) is 57.8 Å². The number of unbranched alkanes of at least 4 members (excludes halogenated alkanes) is 3. The van der Waals surface area contributed by atoms with Gasteiger partial charge in [0.1, 0.15) is 0 Å². The van der Waals surface area contributed by atoms with Gasteiger partial charge < -0.3 is 0 Å². The summed E-state index contributed by atoms with van der Waals surface area (Å²) in [7, 11) is 0. The summed E-state index contributed by atoms with van der Waals surface area (Å²) in [6.07, 6.45) is 12.8. The van der Waals surface area contributed by atoms with Crippen molar-refractivity contribution in [2.75, 3.05) is 0 Å². The molecule has 0 N–H and O–H groups in total. The van der Waals surface area contributed by atoms with Crippen molar-refractivity contribution in [1.29, 1.82) is 0 Å². The largest absolute Gasteiger partial charge is 0.0654 e. The molecular formula is C15H32. The van der Waals surface area contributed by atoms with E-state index in [2.05, 4.69) is 27.7 Å². The van der Waals surface area contributed by atoms with Crippen molar-refractivity contribution >= 4 is 0 Å². The third-order valence-electron chi connectivity index (χ3n) is 3.66. The van der Waals surface area contributed by atoms with Crippen LogP contribution in [0.2, 0.25) is 0 Å². The van der Waals surface area contributed by atoms with Crippen LogP contribution >= 0.6 is 0 Å². The molecule has 0 saturated heterocycles. The van der Waals surface area contributed by atoms with Gasteiger partial charge in [0.25, 0.3) is 0 Å². The average molecular weight is 212 g/mol. The Morgan fingerprint density at radius 1 is 0.667 bits per heavy atom. The minimum Gasteiger partial charge on any atom is -0.0654 e. The van der Waals surface area contributed by atoms with E-state index in [-0.39, 0.29) is 0 Å². The lowest BCUT2D eigenvalue weighted by molar-refractivity contribution is 0.283. The van der Waals surface area contributed by atoms with Crippen LogP contribution in [0.5, 0.6) is 0 Å². The molecule has 0 fully saturated rings. The Labute approximate surface area is 97.8 Å². The summed E-state index contributed by atoms with van der Waals surface area (Å²) in [6, 6.07) is 0. The number of rotatable bonds is 10. The van der Waals surface area contributed by atoms with Gasteiger partial charge in [-0.05, 0) is 11.8 Å². The maximum atomic E-state index is 2.48. The molecule has 0 nitrogen and oxygen atoms in total. The molecule has 15 heavy (non-hydrogen) atoms. The van der Waals surface area contributed by atoms with Crippen LogP contribution in [0.1, 0.15) is 85.5 Å². The molecular weight excluding hydrogens is 180 g/mol. The molecule has 2 atom stereocenters. The van der Waals surface area contributed by atoms with Gasteiger partial charge in [0, 0.05) is 0 Å². The van der Waals surface area contributed by atoms with E-state index < -0.39 is 0 Å². The summed E-state index contributed by atoms with van der Waals surface area (Å²) in [5.41, 5.74) is 0. The summed E-state index contributed by atoms with van der Waals surface area (Å²) < 4.78 is 0. The highest BCUT2D eigenvalue weighted by Crippen LogP contribution is 2.27. The highest BCUT2D eigenvalue weighted by molar-refractivity contribution is 4.66. The van der Waals surface area contributed by atoms with Crippen molar-refractivity contribution in [2.24, 2.45) is 11.8 Å². The lowest BCUT2D eigenvalue weighted by Crippen LogP contribution is -2.11. The van der Waals surface area contributed by atoms with Crippen LogP contribution < -0.4 is 0 Å². The Morgan fingerprint density at radius 3 is 1.87 bits per heavy atom. The third-order valence-corrected chi connectivity index (χ3v) is 3.66. The first-order valence-electron chi connectivity index (χ1n) is 7.26. The zero-order valence-electron chi connectivity index (χ0n) is 11.5. The highest BCUT2D eigenvalue weighted by Gasteiger charge is 2.15. The predicted octanol–water partition coefficient (Wildman–Crippen LogP) is 5.81. The van der Waals surface area contributed by atoms with Crippen LogP contribution in [0.4, 0.5) is 0 Å². The molecule has 0 aromatic rings. The zero-order valence-corrected chi connectivity index (χ0v) is 11.5. The summed E-state index contributed by atoms with van der Waals surface area (Å²) in [5.74, 6) is 1.97. The molecule has 0 heteroatoms. The molecule has 0 aliphatic heterocycles. The lowest BCUT2D eigenvalue weighted by atomic mass is 9.83. The molecule has 0 saturated carbocycles. The maximum absolute atomic E-state index is 2.48. The van der Waals surface area contributed by atoms with Gasteiger partial charge in [-0.25, -0.2) is 0 Å². The predicted molar refractivity (Wildman–Crippen MR) is 71.2 cm³/mol. The van der Waals surface area contributed by atoms with Gasteiger partial charge in [-0.15, -0.1) is 0 Å². The van der Waals surface area contributed by atoms with E-state index in [9.17, 15) is 0 Å². The molecule has 0 heterocycles. The molecule has 0 bridgehead atoms. The Bertz CT molecular complexity index is 117. The first kappa shape index (κ1) is 15.0. The molecule has 0 aliphatic carbocycles. The Morgan fingerprint density at radius 2 is 1.33 bits per heavy atom. The average Bonchev–Trinajstić information content (AvgIpc) is 2.24. The van der Waals surface area contributed by atoms with Crippen LogP contribution in [0.3, 0.4) is 0 Å². The smallest absolute Gasteiger partial charge is 0.0389 e. The highest BCUT2D eigenvalue weighted by atomic mass is 14.2. The fourth-order valence-electron chi connectivity index (χ4n) is 2.50. The Balaban J connectivity index is 3.75. The molecule has 0 rings (SSSR count). The first-order chi connectivity index (χ1) is 7.26. The van der Waals surface area contributed by atoms with E-state index >= 15 is 0 Å². The Hall–Kier alpha value is 0. The number of hydrogen-bond acceptors (Lipinski definition) is 0. The monoisotopic (exact) mass is 212 g/mol. The van der Waals surface area contributed by atoms with Crippen molar-refractivity contribution < 1.29 is 0 Å². The molecule has 0 spiro atoms. The number of hydrogen-bond donors (Lipinski definition) is 0. The van der Waals surface area contributed by atoms with Crippen molar-refractivity contribution in [3.8, 4) is 0 Å². The summed E-state index contributed by atoms with van der Waals surface area (Å²) in [6.45, 7) is 9.42. The summed E-state index contributed by atoms with van der Waals surface area (Å²) >= 11 is 0. The summed E-state index contributed by atoms with van der Waals surface area (Å²) in [5, 5.41) is 0. The fourth-order valence-corrected chi connectivity index (χ4v) is 2.50. The van der Waals surface area contributed by atoms with Crippen molar-refractivity contribution in [3.63, 3.8) is 0 Å². The van der Waals surface area contributed by atoms with Crippen molar-refractivity contribution in [3.05, 3.63) is 0 Å². The van der Waals surface area contributed by atoms with E-state index in [1.807, 2.05) is 0 Å². The van der Waals surface area contributed by atoms with Crippen LogP contribution in [0.15, 0.2) is 0 Å². The topological polar surface area (TPSA) is 0 Å². The molecule has 0 radical (unpaired) electrons. The van der Waals surface area contributed by atoms with Crippen molar-refractivity contribution in [2.45, 2.75) is 85.5 Å². The normalized spacial score (nSPS) is 15.2. The fraction of sp³-hybridized carbons (Fsp3) is 1.00. The molecule has 0 aliphatic rings. The van der Waals surface area contributed by atoms with Crippen LogP contribution in [-0.4, -0.2) is 0 Å². The van der Waals surface area contributed by atoms with E-state index in [1.54, 1.807) is 0 Å². The van der Waals surface area contributed by atoms with E-state index in [0.717, 1.165) is 11.8 Å². The lowest BCUT2D eigenvalue weighted by Gasteiger charge is -2.23. The second-order valence-electron chi connectivity index (χ2n) is 5.16. The van der Waals surface area contributed by atoms with Gasteiger partial charge in [-0.1, -0.05) is 85.5 Å². The third kappa shape index (κ3) is 7.88. The Kier molecular flexibility index (Phi) is 10.5. The van der Waals surface area contributed by atoms with Crippen LogP contribution in [-0.2, 0) is 0 Å². The van der Waals surface area contributed by atoms with Gasteiger partial charge in [0.05, 0.1) is 0 Å². The molecule has 0 aromatic carbocycles. The minimum absolute atomic E-state index is 0.961. The van der Waals surface area contributed by atoms with Gasteiger partial charge >= 0.3 is 0 Å². The zero-order chi connectivity index (χ0) is 11.5. The SMILES string of the molecule is CCCCCC(C)C(CCC)CCCC. The molecule has 0 aromatic heterocycles.